The number of rotatable bonds is 3. The maximum absolute atomic E-state index is 12.1. The molecule has 1 aliphatic rings. The van der Waals surface area contributed by atoms with E-state index >= 15 is 0 Å². The maximum Gasteiger partial charge on any atom is 0.252 e. The van der Waals surface area contributed by atoms with Gasteiger partial charge in [-0.05, 0) is 18.6 Å². The third-order valence-corrected chi connectivity index (χ3v) is 3.40. The van der Waals surface area contributed by atoms with Crippen LogP contribution in [0.3, 0.4) is 0 Å². The van der Waals surface area contributed by atoms with E-state index in [1.165, 1.54) is 4.68 Å². The van der Waals surface area contributed by atoms with Gasteiger partial charge in [-0.2, -0.15) is 10.1 Å². The lowest BCUT2D eigenvalue weighted by Crippen LogP contribution is -2.25. The number of hydrogen-bond donors (Lipinski definition) is 2. The normalized spacial score (nSPS) is 16.5. The summed E-state index contributed by atoms with van der Waals surface area (Å²) in [7, 11) is 1.71. The molecule has 1 aromatic heterocycles. The summed E-state index contributed by atoms with van der Waals surface area (Å²) in [6.45, 7) is 1.75. The van der Waals surface area contributed by atoms with Crippen LogP contribution in [0.1, 0.15) is 34.2 Å². The van der Waals surface area contributed by atoms with Crippen LogP contribution in [0.4, 0.5) is 5.95 Å². The molecule has 21 heavy (non-hydrogen) atoms. The lowest BCUT2D eigenvalue weighted by Gasteiger charge is -2.11. The van der Waals surface area contributed by atoms with Crippen molar-refractivity contribution < 1.29 is 9.59 Å². The first-order valence-corrected chi connectivity index (χ1v) is 6.62. The Balaban J connectivity index is 1.72. The van der Waals surface area contributed by atoms with Gasteiger partial charge in [0.2, 0.25) is 11.9 Å². The van der Waals surface area contributed by atoms with Crippen molar-refractivity contribution in [3.05, 3.63) is 41.2 Å². The molecule has 2 amide bonds. The molecule has 7 heteroatoms. The van der Waals surface area contributed by atoms with Gasteiger partial charge < -0.3 is 5.32 Å². The van der Waals surface area contributed by atoms with Gasteiger partial charge in [0, 0.05) is 12.6 Å². The minimum Gasteiger partial charge on any atom is -0.345 e. The molecule has 0 saturated heterocycles. The minimum absolute atomic E-state index is 0.141. The van der Waals surface area contributed by atoms with Gasteiger partial charge in [0.25, 0.3) is 5.91 Å². The zero-order valence-electron chi connectivity index (χ0n) is 11.8. The van der Waals surface area contributed by atoms with E-state index in [4.69, 9.17) is 0 Å². The molecule has 7 nitrogen and oxygen atoms in total. The summed E-state index contributed by atoms with van der Waals surface area (Å²) in [5.74, 6) is 0.632. The van der Waals surface area contributed by atoms with Crippen molar-refractivity contribution in [2.45, 2.75) is 19.4 Å². The number of amides is 2. The zero-order chi connectivity index (χ0) is 15.0. The third kappa shape index (κ3) is 2.49. The number of aromatic nitrogens is 3. The van der Waals surface area contributed by atoms with Crippen LogP contribution >= 0.6 is 0 Å². The quantitative estimate of drug-likeness (QED) is 0.878. The summed E-state index contributed by atoms with van der Waals surface area (Å²) in [6.07, 6.45) is 0.161. The molecular formula is C14H15N5O2. The summed E-state index contributed by atoms with van der Waals surface area (Å²) in [5.41, 5.74) is 1.48. The van der Waals surface area contributed by atoms with Gasteiger partial charge in [0.1, 0.15) is 5.82 Å². The van der Waals surface area contributed by atoms with Crippen molar-refractivity contribution in [3.8, 4) is 0 Å². The molecule has 0 radical (unpaired) electrons. The highest BCUT2D eigenvalue weighted by Gasteiger charge is 2.29. The summed E-state index contributed by atoms with van der Waals surface area (Å²) < 4.78 is 1.51. The number of nitrogens with one attached hydrogen (secondary N) is 2. The Labute approximate surface area is 121 Å². The average molecular weight is 285 g/mol. The molecule has 2 heterocycles. The lowest BCUT2D eigenvalue weighted by atomic mass is 10.0. The van der Waals surface area contributed by atoms with E-state index in [1.54, 1.807) is 20.0 Å². The van der Waals surface area contributed by atoms with Crippen molar-refractivity contribution in [3.63, 3.8) is 0 Å². The lowest BCUT2D eigenvalue weighted by molar-refractivity contribution is -0.116. The summed E-state index contributed by atoms with van der Waals surface area (Å²) >= 11 is 0. The Hall–Kier alpha value is -2.70. The van der Waals surface area contributed by atoms with Gasteiger partial charge >= 0.3 is 0 Å². The Bertz CT molecular complexity index is 722. The van der Waals surface area contributed by atoms with E-state index in [2.05, 4.69) is 20.7 Å². The first kappa shape index (κ1) is 13.3. The topological polar surface area (TPSA) is 88.9 Å². The minimum atomic E-state index is -0.303. The van der Waals surface area contributed by atoms with Crippen LogP contribution in [0.5, 0.6) is 0 Å². The van der Waals surface area contributed by atoms with E-state index in [9.17, 15) is 9.59 Å². The fourth-order valence-electron chi connectivity index (χ4n) is 2.46. The van der Waals surface area contributed by atoms with Crippen LogP contribution in [-0.2, 0) is 11.8 Å². The molecular weight excluding hydrogens is 270 g/mol. The first-order chi connectivity index (χ1) is 10.0. The van der Waals surface area contributed by atoms with Crippen molar-refractivity contribution in [2.24, 2.45) is 7.05 Å². The number of aryl methyl sites for hydroxylation is 2. The standard InChI is InChI=1S/C14H15N5O2/c1-8-15-14(19(2)18-8)17-12(20)7-11-9-5-3-4-6-10(9)13(21)16-11/h3-6,11H,7H2,1-2H3,(H,16,21)(H,15,17,18,20). The first-order valence-electron chi connectivity index (χ1n) is 6.62. The van der Waals surface area contributed by atoms with Crippen molar-refractivity contribution >= 4 is 17.8 Å². The van der Waals surface area contributed by atoms with Crippen LogP contribution in [0.15, 0.2) is 24.3 Å². The van der Waals surface area contributed by atoms with Gasteiger partial charge in [-0.3, -0.25) is 14.9 Å². The molecule has 1 unspecified atom stereocenters. The highest BCUT2D eigenvalue weighted by Crippen LogP contribution is 2.27. The van der Waals surface area contributed by atoms with E-state index in [1.807, 2.05) is 18.2 Å². The van der Waals surface area contributed by atoms with Crippen molar-refractivity contribution in [1.82, 2.24) is 20.1 Å². The van der Waals surface area contributed by atoms with Gasteiger partial charge in [0.15, 0.2) is 0 Å². The van der Waals surface area contributed by atoms with Crippen LogP contribution in [0.2, 0.25) is 0 Å². The second kappa shape index (κ2) is 5.01. The van der Waals surface area contributed by atoms with Crippen LogP contribution in [-0.4, -0.2) is 26.6 Å². The largest absolute Gasteiger partial charge is 0.345 e. The number of fused-ring (bicyclic) bond motifs is 1. The summed E-state index contributed by atoms with van der Waals surface area (Å²) in [6, 6.07) is 6.98. The number of carbonyl (C=O) groups is 2. The maximum atomic E-state index is 12.1. The Morgan fingerprint density at radius 1 is 1.43 bits per heavy atom. The highest BCUT2D eigenvalue weighted by atomic mass is 16.2. The summed E-state index contributed by atoms with van der Waals surface area (Å²) in [4.78, 5) is 28.0. The van der Waals surface area contributed by atoms with E-state index in [0.717, 1.165) is 5.56 Å². The fourth-order valence-corrected chi connectivity index (χ4v) is 2.46. The SMILES string of the molecule is Cc1nc(NC(=O)CC2NC(=O)c3ccccc32)n(C)n1. The fraction of sp³-hybridized carbons (Fsp3) is 0.286. The number of anilines is 1. The number of nitrogens with zero attached hydrogens (tertiary/aromatic N) is 3. The molecule has 1 aliphatic heterocycles. The van der Waals surface area contributed by atoms with E-state index in [-0.39, 0.29) is 24.3 Å². The van der Waals surface area contributed by atoms with Gasteiger partial charge in [0.05, 0.1) is 12.5 Å². The summed E-state index contributed by atoms with van der Waals surface area (Å²) in [5, 5.41) is 9.58. The Morgan fingerprint density at radius 2 is 2.19 bits per heavy atom. The predicted molar refractivity (Wildman–Crippen MR) is 75.6 cm³/mol. The average Bonchev–Trinajstić information content (AvgIpc) is 2.91. The Morgan fingerprint density at radius 3 is 2.90 bits per heavy atom. The van der Waals surface area contributed by atoms with Gasteiger partial charge in [-0.25, -0.2) is 4.68 Å². The van der Waals surface area contributed by atoms with Crippen LogP contribution in [0, 0.1) is 6.92 Å². The third-order valence-electron chi connectivity index (χ3n) is 3.40. The second-order valence-corrected chi connectivity index (χ2v) is 4.97. The highest BCUT2D eigenvalue weighted by molar-refractivity contribution is 6.00. The molecule has 1 atom stereocenters. The van der Waals surface area contributed by atoms with Crippen LogP contribution in [0.25, 0.3) is 0 Å². The molecule has 2 N–H and O–H groups in total. The molecule has 0 bridgehead atoms. The van der Waals surface area contributed by atoms with Crippen LogP contribution < -0.4 is 10.6 Å². The number of hydrogen-bond acceptors (Lipinski definition) is 4. The number of benzene rings is 1. The molecule has 108 valence electrons. The number of carbonyl (C=O) groups excluding carboxylic acids is 2. The zero-order valence-corrected chi connectivity index (χ0v) is 11.8. The van der Waals surface area contributed by atoms with E-state index in [0.29, 0.717) is 17.3 Å². The molecule has 0 spiro atoms. The second-order valence-electron chi connectivity index (χ2n) is 4.97. The van der Waals surface area contributed by atoms with Gasteiger partial charge in [-0.1, -0.05) is 18.2 Å². The monoisotopic (exact) mass is 285 g/mol. The molecule has 1 aromatic carbocycles. The van der Waals surface area contributed by atoms with Crippen molar-refractivity contribution in [2.75, 3.05) is 5.32 Å². The molecule has 0 fully saturated rings. The molecule has 0 saturated carbocycles. The predicted octanol–water partition coefficient (Wildman–Crippen LogP) is 0.937. The molecule has 3 rings (SSSR count). The molecule has 2 aromatic rings. The van der Waals surface area contributed by atoms with Gasteiger partial charge in [-0.15, -0.1) is 0 Å². The van der Waals surface area contributed by atoms with E-state index < -0.39 is 0 Å². The molecule has 0 aliphatic carbocycles. The Kier molecular flexibility index (Phi) is 3.17. The smallest absolute Gasteiger partial charge is 0.252 e. The van der Waals surface area contributed by atoms with Crippen molar-refractivity contribution in [1.29, 1.82) is 0 Å².